The molecule has 0 aliphatic rings. The summed E-state index contributed by atoms with van der Waals surface area (Å²) in [5.41, 5.74) is 1.23. The molecule has 0 spiro atoms. The molecule has 0 saturated heterocycles. The normalized spacial score (nSPS) is 10.1. The summed E-state index contributed by atoms with van der Waals surface area (Å²) in [5, 5.41) is 9.64. The van der Waals surface area contributed by atoms with Gasteiger partial charge in [0, 0.05) is 17.5 Å². The van der Waals surface area contributed by atoms with Crippen LogP contribution in [0.15, 0.2) is 30.5 Å². The molecule has 1 aromatic heterocycles. The monoisotopic (exact) mass is 272 g/mol. The third-order valence-electron chi connectivity index (χ3n) is 2.78. The van der Waals surface area contributed by atoms with E-state index in [1.807, 2.05) is 18.2 Å². The van der Waals surface area contributed by atoms with Gasteiger partial charge in [-0.2, -0.15) is 5.26 Å². The fourth-order valence-corrected chi connectivity index (χ4v) is 2.64. The van der Waals surface area contributed by atoms with Crippen LogP contribution in [0.25, 0.3) is 0 Å². The van der Waals surface area contributed by atoms with Crippen molar-refractivity contribution in [3.8, 4) is 11.8 Å². The number of hydrogen-bond donors (Lipinski definition) is 0. The van der Waals surface area contributed by atoms with Crippen LogP contribution in [0.5, 0.6) is 5.75 Å². The Labute approximate surface area is 117 Å². The predicted octanol–water partition coefficient (Wildman–Crippen LogP) is 3.39. The van der Waals surface area contributed by atoms with Gasteiger partial charge in [0.15, 0.2) is 0 Å². The Bertz CT molecular complexity index is 572. The van der Waals surface area contributed by atoms with Crippen LogP contribution in [0, 0.1) is 11.3 Å². The largest absolute Gasteiger partial charge is 0.493 e. The number of benzene rings is 1. The highest BCUT2D eigenvalue weighted by atomic mass is 32.1. The van der Waals surface area contributed by atoms with E-state index in [1.54, 1.807) is 17.5 Å². The Morgan fingerprint density at radius 1 is 1.37 bits per heavy atom. The molecule has 0 bridgehead atoms. The maximum Gasteiger partial charge on any atom is 0.122 e. The van der Waals surface area contributed by atoms with Crippen molar-refractivity contribution in [2.45, 2.75) is 26.2 Å². The lowest BCUT2D eigenvalue weighted by molar-refractivity contribution is 0.318. The van der Waals surface area contributed by atoms with E-state index in [0.717, 1.165) is 28.5 Å². The molecule has 0 radical (unpaired) electrons. The van der Waals surface area contributed by atoms with Crippen molar-refractivity contribution in [3.63, 3.8) is 0 Å². The number of nitriles is 1. The molecular formula is C15H16N2OS. The van der Waals surface area contributed by atoms with E-state index >= 15 is 0 Å². The Balaban J connectivity index is 1.87. The third kappa shape index (κ3) is 3.80. The number of ether oxygens (including phenoxy) is 1. The minimum absolute atomic E-state index is 0.442. The molecule has 0 amide bonds. The summed E-state index contributed by atoms with van der Waals surface area (Å²) in [6, 6.07) is 10.2. The van der Waals surface area contributed by atoms with Crippen LogP contribution < -0.4 is 4.74 Å². The number of hydrogen-bond acceptors (Lipinski definition) is 4. The lowest BCUT2D eigenvalue weighted by Crippen LogP contribution is -2.02. The second-order valence-corrected chi connectivity index (χ2v) is 5.31. The highest BCUT2D eigenvalue weighted by molar-refractivity contribution is 7.11. The van der Waals surface area contributed by atoms with E-state index in [9.17, 15) is 0 Å². The van der Waals surface area contributed by atoms with E-state index in [2.05, 4.69) is 24.0 Å². The quantitative estimate of drug-likeness (QED) is 0.809. The summed E-state index contributed by atoms with van der Waals surface area (Å²) in [4.78, 5) is 5.32. The first-order valence-electron chi connectivity index (χ1n) is 6.34. The summed E-state index contributed by atoms with van der Waals surface area (Å²) in [6.45, 7) is 2.74. The molecule has 0 unspecified atom stereocenters. The minimum atomic E-state index is 0.442. The highest BCUT2D eigenvalue weighted by Gasteiger charge is 2.04. The SMILES string of the molecule is CCc1ccccc1OCCc1ncc(CC#N)s1. The molecule has 0 fully saturated rings. The first kappa shape index (κ1) is 13.6. The van der Waals surface area contributed by atoms with E-state index in [-0.39, 0.29) is 0 Å². The number of rotatable bonds is 6. The van der Waals surface area contributed by atoms with Crippen LogP contribution >= 0.6 is 11.3 Å². The molecule has 2 aromatic rings. The van der Waals surface area contributed by atoms with Gasteiger partial charge in [-0.1, -0.05) is 25.1 Å². The van der Waals surface area contributed by atoms with Crippen molar-refractivity contribution in [2.24, 2.45) is 0 Å². The lowest BCUT2D eigenvalue weighted by Gasteiger charge is -2.09. The van der Waals surface area contributed by atoms with Gasteiger partial charge in [0.05, 0.1) is 24.1 Å². The first-order valence-corrected chi connectivity index (χ1v) is 7.16. The van der Waals surface area contributed by atoms with E-state index < -0.39 is 0 Å². The van der Waals surface area contributed by atoms with Gasteiger partial charge in [0.2, 0.25) is 0 Å². The van der Waals surface area contributed by atoms with Gasteiger partial charge >= 0.3 is 0 Å². The second kappa shape index (κ2) is 6.91. The summed E-state index contributed by atoms with van der Waals surface area (Å²) in [5.74, 6) is 0.957. The van der Waals surface area contributed by atoms with E-state index in [1.165, 1.54) is 5.56 Å². The van der Waals surface area contributed by atoms with Crippen molar-refractivity contribution in [3.05, 3.63) is 45.9 Å². The zero-order valence-corrected chi connectivity index (χ0v) is 11.7. The molecule has 4 heteroatoms. The molecule has 0 atom stereocenters. The van der Waals surface area contributed by atoms with Crippen molar-refractivity contribution in [1.82, 2.24) is 4.98 Å². The standard InChI is InChI=1S/C15H16N2OS/c1-2-12-5-3-4-6-14(12)18-10-8-15-17-11-13(19-15)7-9-16/h3-6,11H,2,7-8,10H2,1H3. The number of aryl methyl sites for hydroxylation is 1. The van der Waals surface area contributed by atoms with Crippen LogP contribution in [-0.4, -0.2) is 11.6 Å². The minimum Gasteiger partial charge on any atom is -0.493 e. The van der Waals surface area contributed by atoms with Crippen LogP contribution in [0.4, 0.5) is 0 Å². The second-order valence-electron chi connectivity index (χ2n) is 4.11. The zero-order valence-electron chi connectivity index (χ0n) is 10.9. The fraction of sp³-hybridized carbons (Fsp3) is 0.333. The van der Waals surface area contributed by atoms with Gasteiger partial charge in [-0.15, -0.1) is 11.3 Å². The van der Waals surface area contributed by atoms with Crippen molar-refractivity contribution >= 4 is 11.3 Å². The van der Waals surface area contributed by atoms with E-state index in [0.29, 0.717) is 13.0 Å². The van der Waals surface area contributed by atoms with Crippen molar-refractivity contribution in [1.29, 1.82) is 5.26 Å². The van der Waals surface area contributed by atoms with E-state index in [4.69, 9.17) is 10.00 Å². The third-order valence-corrected chi connectivity index (χ3v) is 3.84. The van der Waals surface area contributed by atoms with Crippen molar-refractivity contribution in [2.75, 3.05) is 6.61 Å². The van der Waals surface area contributed by atoms with Crippen LogP contribution in [0.2, 0.25) is 0 Å². The lowest BCUT2D eigenvalue weighted by atomic mass is 10.1. The predicted molar refractivity (Wildman–Crippen MR) is 76.5 cm³/mol. The summed E-state index contributed by atoms with van der Waals surface area (Å²) >= 11 is 1.59. The van der Waals surface area contributed by atoms with Gasteiger partial charge in [-0.05, 0) is 18.1 Å². The molecule has 0 aliphatic carbocycles. The average molecular weight is 272 g/mol. The maximum atomic E-state index is 8.62. The molecule has 2 rings (SSSR count). The smallest absolute Gasteiger partial charge is 0.122 e. The summed E-state index contributed by atoms with van der Waals surface area (Å²) < 4.78 is 5.80. The van der Waals surface area contributed by atoms with Crippen LogP contribution in [0.3, 0.4) is 0 Å². The summed E-state index contributed by atoms with van der Waals surface area (Å²) in [7, 11) is 0. The zero-order chi connectivity index (χ0) is 13.5. The van der Waals surface area contributed by atoms with Gasteiger partial charge in [-0.25, -0.2) is 4.98 Å². The molecule has 1 heterocycles. The van der Waals surface area contributed by atoms with Crippen LogP contribution in [0.1, 0.15) is 22.4 Å². The Morgan fingerprint density at radius 2 is 2.21 bits per heavy atom. The first-order chi connectivity index (χ1) is 9.33. The maximum absolute atomic E-state index is 8.62. The Hall–Kier alpha value is -1.86. The average Bonchev–Trinajstić information content (AvgIpc) is 2.87. The summed E-state index contributed by atoms with van der Waals surface area (Å²) in [6.07, 6.45) is 3.98. The molecule has 0 saturated carbocycles. The van der Waals surface area contributed by atoms with Gasteiger partial charge in [0.25, 0.3) is 0 Å². The van der Waals surface area contributed by atoms with Crippen molar-refractivity contribution < 1.29 is 4.74 Å². The van der Waals surface area contributed by atoms with Gasteiger partial charge < -0.3 is 4.74 Å². The fourth-order valence-electron chi connectivity index (χ4n) is 1.81. The molecule has 0 aliphatic heterocycles. The molecule has 0 N–H and O–H groups in total. The van der Waals surface area contributed by atoms with Gasteiger partial charge in [0.1, 0.15) is 5.75 Å². The Kier molecular flexibility index (Phi) is 4.93. The number of para-hydroxylation sites is 1. The molecule has 1 aromatic carbocycles. The molecule has 19 heavy (non-hydrogen) atoms. The molecular weight excluding hydrogens is 256 g/mol. The van der Waals surface area contributed by atoms with Gasteiger partial charge in [-0.3, -0.25) is 0 Å². The molecule has 3 nitrogen and oxygen atoms in total. The Morgan fingerprint density at radius 3 is 3.00 bits per heavy atom. The number of aromatic nitrogens is 1. The number of nitrogens with zero attached hydrogens (tertiary/aromatic N) is 2. The topological polar surface area (TPSA) is 45.9 Å². The molecule has 98 valence electrons. The highest BCUT2D eigenvalue weighted by Crippen LogP contribution is 2.19. The van der Waals surface area contributed by atoms with Crippen LogP contribution in [-0.2, 0) is 19.3 Å². The number of thiazole rings is 1.